The van der Waals surface area contributed by atoms with Gasteiger partial charge in [-0.15, -0.1) is 0 Å². The van der Waals surface area contributed by atoms with Crippen molar-refractivity contribution in [1.82, 2.24) is 5.32 Å². The van der Waals surface area contributed by atoms with Gasteiger partial charge in [0.1, 0.15) is 5.82 Å². The van der Waals surface area contributed by atoms with Gasteiger partial charge >= 0.3 is 5.69 Å². The Hall–Kier alpha value is -2.09. The fraction of sp³-hybridized carbons (Fsp3) is 0.417. The summed E-state index contributed by atoms with van der Waals surface area (Å²) in [4.78, 5) is 21.1. The number of nitrogens with one attached hydrogen (secondary N) is 1. The first kappa shape index (κ1) is 16.0. The van der Waals surface area contributed by atoms with Gasteiger partial charge in [0, 0.05) is 18.7 Å². The van der Waals surface area contributed by atoms with E-state index in [-0.39, 0.29) is 6.54 Å². The lowest BCUT2D eigenvalue weighted by Crippen LogP contribution is -2.26. The summed E-state index contributed by atoms with van der Waals surface area (Å²) in [6.45, 7) is 1.76. The van der Waals surface area contributed by atoms with Crippen molar-refractivity contribution in [3.05, 3.63) is 39.4 Å². The second-order valence-electron chi connectivity index (χ2n) is 4.29. The molecule has 1 aromatic rings. The first-order chi connectivity index (χ1) is 9.32. The number of nitrogens with zero attached hydrogens (tertiary/aromatic N) is 1. The molecule has 6 nitrogen and oxygen atoms in total. The molecule has 0 aliphatic heterocycles. The second kappa shape index (κ2) is 6.90. The summed E-state index contributed by atoms with van der Waals surface area (Å²) in [6, 6.07) is 0.873. The molecule has 0 aliphatic rings. The molecule has 1 unspecified atom stereocenters. The molecule has 0 fully saturated rings. The van der Waals surface area contributed by atoms with Gasteiger partial charge in [-0.25, -0.2) is 4.39 Å². The highest BCUT2D eigenvalue weighted by atomic mass is 19.1. The smallest absolute Gasteiger partial charge is 0.305 e. The van der Waals surface area contributed by atoms with Crippen molar-refractivity contribution in [1.29, 1.82) is 0 Å². The SMILES string of the molecule is CC(O)CCCNC(=O)c1cc([N+](=O)[O-])c(F)cc1F. The maximum atomic E-state index is 13.4. The van der Waals surface area contributed by atoms with Crippen LogP contribution in [0.25, 0.3) is 0 Å². The number of halogens is 2. The minimum absolute atomic E-state index is 0.175. The van der Waals surface area contributed by atoms with Crippen LogP contribution in [-0.2, 0) is 0 Å². The van der Waals surface area contributed by atoms with Crippen LogP contribution < -0.4 is 5.32 Å². The largest absolute Gasteiger partial charge is 0.393 e. The number of nitro groups is 1. The normalized spacial score (nSPS) is 12.0. The van der Waals surface area contributed by atoms with Crippen LogP contribution in [0.2, 0.25) is 0 Å². The molecule has 0 saturated carbocycles. The predicted molar refractivity (Wildman–Crippen MR) is 66.3 cm³/mol. The van der Waals surface area contributed by atoms with Crippen LogP contribution in [-0.4, -0.2) is 28.6 Å². The molecule has 8 heteroatoms. The molecular weight excluding hydrogens is 274 g/mol. The molecule has 2 N–H and O–H groups in total. The minimum atomic E-state index is -1.34. The van der Waals surface area contributed by atoms with Crippen molar-refractivity contribution in [2.45, 2.75) is 25.9 Å². The minimum Gasteiger partial charge on any atom is -0.393 e. The quantitative estimate of drug-likeness (QED) is 0.474. The summed E-state index contributed by atoms with van der Waals surface area (Å²) in [5.74, 6) is -3.37. The average molecular weight is 288 g/mol. The van der Waals surface area contributed by atoms with Gasteiger partial charge in [0.2, 0.25) is 5.82 Å². The van der Waals surface area contributed by atoms with Crippen LogP contribution in [0.3, 0.4) is 0 Å². The second-order valence-corrected chi connectivity index (χ2v) is 4.29. The van der Waals surface area contributed by atoms with Gasteiger partial charge in [-0.2, -0.15) is 4.39 Å². The van der Waals surface area contributed by atoms with Crippen molar-refractivity contribution < 1.29 is 23.6 Å². The Bertz CT molecular complexity index is 520. The molecule has 0 saturated heterocycles. The first-order valence-corrected chi connectivity index (χ1v) is 5.92. The van der Waals surface area contributed by atoms with E-state index >= 15 is 0 Å². The van der Waals surface area contributed by atoms with E-state index in [1.807, 2.05) is 0 Å². The van der Waals surface area contributed by atoms with Gasteiger partial charge in [-0.3, -0.25) is 14.9 Å². The molecule has 0 aliphatic carbocycles. The fourth-order valence-corrected chi connectivity index (χ4v) is 1.55. The molecule has 1 atom stereocenters. The first-order valence-electron chi connectivity index (χ1n) is 5.92. The summed E-state index contributed by atoms with van der Waals surface area (Å²) in [5.41, 5.74) is -1.55. The fourth-order valence-electron chi connectivity index (χ4n) is 1.55. The molecule has 1 amide bonds. The third kappa shape index (κ3) is 4.23. The van der Waals surface area contributed by atoms with Gasteiger partial charge in [0.25, 0.3) is 5.91 Å². The monoisotopic (exact) mass is 288 g/mol. The molecule has 0 spiro atoms. The van der Waals surface area contributed by atoms with E-state index < -0.39 is 39.8 Å². The van der Waals surface area contributed by atoms with Crippen LogP contribution in [0.5, 0.6) is 0 Å². The van der Waals surface area contributed by atoms with Crippen LogP contribution in [0.1, 0.15) is 30.1 Å². The Morgan fingerprint density at radius 2 is 2.10 bits per heavy atom. The molecule has 0 aromatic heterocycles. The third-order valence-electron chi connectivity index (χ3n) is 2.56. The standard InChI is InChI=1S/C12H14F2N2O4/c1-7(17)3-2-4-15-12(18)8-5-11(16(19)20)10(14)6-9(8)13/h5-7,17H,2-4H2,1H3,(H,15,18). The van der Waals surface area contributed by atoms with Gasteiger partial charge in [-0.1, -0.05) is 0 Å². The highest BCUT2D eigenvalue weighted by molar-refractivity contribution is 5.95. The lowest BCUT2D eigenvalue weighted by molar-refractivity contribution is -0.387. The van der Waals surface area contributed by atoms with E-state index in [2.05, 4.69) is 5.32 Å². The van der Waals surface area contributed by atoms with E-state index in [0.717, 1.165) is 0 Å². The van der Waals surface area contributed by atoms with Crippen molar-refractivity contribution in [3.8, 4) is 0 Å². The molecule has 1 aromatic carbocycles. The molecule has 0 bridgehead atoms. The number of carbonyl (C=O) groups is 1. The molecule has 1 rings (SSSR count). The maximum Gasteiger partial charge on any atom is 0.305 e. The zero-order valence-corrected chi connectivity index (χ0v) is 10.7. The Kier molecular flexibility index (Phi) is 5.51. The predicted octanol–water partition coefficient (Wildman–Crippen LogP) is 1.76. The van der Waals surface area contributed by atoms with Gasteiger partial charge in [0.05, 0.1) is 16.6 Å². The van der Waals surface area contributed by atoms with Crippen molar-refractivity contribution in [3.63, 3.8) is 0 Å². The van der Waals surface area contributed by atoms with Gasteiger partial charge in [0.15, 0.2) is 0 Å². The number of aliphatic hydroxyl groups excluding tert-OH is 1. The zero-order chi connectivity index (χ0) is 15.3. The van der Waals surface area contributed by atoms with Crippen LogP contribution in [0.4, 0.5) is 14.5 Å². The van der Waals surface area contributed by atoms with Crippen molar-refractivity contribution in [2.24, 2.45) is 0 Å². The Labute approximate surface area is 113 Å². The van der Waals surface area contributed by atoms with Crippen LogP contribution in [0, 0.1) is 21.7 Å². The van der Waals surface area contributed by atoms with Crippen LogP contribution >= 0.6 is 0 Å². The van der Waals surface area contributed by atoms with E-state index in [4.69, 9.17) is 5.11 Å². The number of hydrogen-bond donors (Lipinski definition) is 2. The summed E-state index contributed by atoms with van der Waals surface area (Å²) in [6.07, 6.45) is 0.399. The van der Waals surface area contributed by atoms with Gasteiger partial charge in [-0.05, 0) is 19.8 Å². The van der Waals surface area contributed by atoms with Gasteiger partial charge < -0.3 is 10.4 Å². The molecule has 0 radical (unpaired) electrons. The number of carbonyl (C=O) groups excluding carboxylic acids is 1. The Morgan fingerprint density at radius 1 is 1.45 bits per heavy atom. The third-order valence-corrected chi connectivity index (χ3v) is 2.56. The summed E-state index contributed by atoms with van der Waals surface area (Å²) in [7, 11) is 0. The summed E-state index contributed by atoms with van der Waals surface area (Å²) in [5, 5.41) is 21.9. The highest BCUT2D eigenvalue weighted by Crippen LogP contribution is 2.21. The molecular formula is C12H14F2N2O4. The number of nitro benzene ring substituents is 1. The van der Waals surface area contributed by atoms with E-state index in [0.29, 0.717) is 25.0 Å². The topological polar surface area (TPSA) is 92.5 Å². The highest BCUT2D eigenvalue weighted by Gasteiger charge is 2.22. The van der Waals surface area contributed by atoms with E-state index in [9.17, 15) is 23.7 Å². The summed E-state index contributed by atoms with van der Waals surface area (Å²) < 4.78 is 26.5. The zero-order valence-electron chi connectivity index (χ0n) is 10.7. The summed E-state index contributed by atoms with van der Waals surface area (Å²) >= 11 is 0. The van der Waals surface area contributed by atoms with E-state index in [1.54, 1.807) is 6.92 Å². The van der Waals surface area contributed by atoms with Crippen molar-refractivity contribution >= 4 is 11.6 Å². The number of benzene rings is 1. The Morgan fingerprint density at radius 3 is 2.65 bits per heavy atom. The maximum absolute atomic E-state index is 13.4. The molecule has 20 heavy (non-hydrogen) atoms. The number of rotatable bonds is 6. The Balaban J connectivity index is 2.77. The lowest BCUT2D eigenvalue weighted by atomic mass is 10.1. The van der Waals surface area contributed by atoms with Crippen molar-refractivity contribution in [2.75, 3.05) is 6.54 Å². The lowest BCUT2D eigenvalue weighted by Gasteiger charge is -2.07. The van der Waals surface area contributed by atoms with E-state index in [1.165, 1.54) is 0 Å². The van der Waals surface area contributed by atoms with Crippen LogP contribution in [0.15, 0.2) is 12.1 Å². The number of amides is 1. The average Bonchev–Trinajstić information content (AvgIpc) is 2.33. The molecule has 0 heterocycles. The number of hydrogen-bond acceptors (Lipinski definition) is 4. The number of aliphatic hydroxyl groups is 1. The molecule has 110 valence electrons.